The molecule has 1 aromatic rings. The molecule has 1 heterocycles. The van der Waals surface area contributed by atoms with Gasteiger partial charge in [0.25, 0.3) is 0 Å². The van der Waals surface area contributed by atoms with Crippen LogP contribution in [0.1, 0.15) is 10.4 Å². The predicted octanol–water partition coefficient (Wildman–Crippen LogP) is -0.403. The number of benzene rings is 1. The Bertz CT molecular complexity index is 453. The number of aliphatic hydroxyl groups excluding tert-OH is 2. The zero-order chi connectivity index (χ0) is 13.3. The molecule has 6 nitrogen and oxygen atoms in total. The highest BCUT2D eigenvalue weighted by Gasteiger charge is 2.31. The molecular weight excluding hydrogens is 236 g/mol. The van der Waals surface area contributed by atoms with Crippen molar-refractivity contribution in [3.05, 3.63) is 23.8 Å². The number of hydrogen-bond donors (Lipinski definition) is 3. The smallest absolute Gasteiger partial charge is 0.340 e. The Labute approximate surface area is 105 Å². The van der Waals surface area contributed by atoms with Crippen molar-refractivity contribution < 1.29 is 19.7 Å². The first-order valence-corrected chi connectivity index (χ1v) is 5.62. The fourth-order valence-electron chi connectivity index (χ4n) is 2.08. The van der Waals surface area contributed by atoms with Gasteiger partial charge in [-0.25, -0.2) is 4.79 Å². The number of nitrogens with two attached hydrogens (primary N) is 1. The van der Waals surface area contributed by atoms with Crippen LogP contribution in [0.25, 0.3) is 0 Å². The van der Waals surface area contributed by atoms with Crippen molar-refractivity contribution in [1.29, 1.82) is 0 Å². The van der Waals surface area contributed by atoms with E-state index in [0.717, 1.165) is 0 Å². The molecule has 2 unspecified atom stereocenters. The van der Waals surface area contributed by atoms with Gasteiger partial charge in [-0.05, 0) is 12.1 Å². The summed E-state index contributed by atoms with van der Waals surface area (Å²) in [5, 5.41) is 19.0. The molecule has 1 saturated heterocycles. The second kappa shape index (κ2) is 4.83. The number of esters is 1. The monoisotopic (exact) mass is 252 g/mol. The first-order chi connectivity index (χ1) is 8.54. The first-order valence-electron chi connectivity index (χ1n) is 5.62. The van der Waals surface area contributed by atoms with Gasteiger partial charge in [0, 0.05) is 13.1 Å². The second-order valence-corrected chi connectivity index (χ2v) is 4.27. The lowest BCUT2D eigenvalue weighted by Crippen LogP contribution is -2.23. The van der Waals surface area contributed by atoms with Gasteiger partial charge < -0.3 is 25.6 Å². The van der Waals surface area contributed by atoms with Gasteiger partial charge in [-0.15, -0.1) is 0 Å². The molecule has 0 amide bonds. The zero-order valence-electron chi connectivity index (χ0n) is 10.0. The van der Waals surface area contributed by atoms with Crippen LogP contribution in [0.2, 0.25) is 0 Å². The number of β-amino-alcohol motifs (C(OH)–C–C–N with tert-alkyl or cyclic N) is 2. The third kappa shape index (κ3) is 2.12. The molecule has 1 fully saturated rings. The summed E-state index contributed by atoms with van der Waals surface area (Å²) in [7, 11) is 1.29. The van der Waals surface area contributed by atoms with Crippen LogP contribution in [0.4, 0.5) is 11.4 Å². The molecule has 1 aliphatic heterocycles. The molecule has 6 heteroatoms. The highest BCUT2D eigenvalue weighted by molar-refractivity contribution is 5.98. The van der Waals surface area contributed by atoms with Gasteiger partial charge in [0.1, 0.15) is 0 Å². The van der Waals surface area contributed by atoms with E-state index < -0.39 is 18.2 Å². The van der Waals surface area contributed by atoms with Crippen molar-refractivity contribution in [2.24, 2.45) is 0 Å². The largest absolute Gasteiger partial charge is 0.465 e. The van der Waals surface area contributed by atoms with Gasteiger partial charge >= 0.3 is 5.97 Å². The number of anilines is 2. The Morgan fingerprint density at radius 3 is 2.56 bits per heavy atom. The van der Waals surface area contributed by atoms with E-state index in [1.807, 2.05) is 0 Å². The number of hydrogen-bond acceptors (Lipinski definition) is 6. The van der Waals surface area contributed by atoms with E-state index in [-0.39, 0.29) is 18.7 Å². The SMILES string of the molecule is COC(=O)c1cccc(N2CC(O)C(O)C2)c1N. The summed E-state index contributed by atoms with van der Waals surface area (Å²) in [6.07, 6.45) is -1.60. The number of carbonyl (C=O) groups excluding carboxylic acids is 1. The number of nitrogen functional groups attached to an aromatic ring is 1. The molecule has 1 aromatic carbocycles. The molecule has 4 N–H and O–H groups in total. The predicted molar refractivity (Wildman–Crippen MR) is 66.4 cm³/mol. The Morgan fingerprint density at radius 2 is 2.00 bits per heavy atom. The summed E-state index contributed by atoms with van der Waals surface area (Å²) >= 11 is 0. The number of carbonyl (C=O) groups is 1. The number of aliphatic hydroxyl groups is 2. The molecule has 2 atom stereocenters. The standard InChI is InChI=1S/C12H16N2O4/c1-18-12(17)7-3-2-4-8(11(7)13)14-5-9(15)10(16)6-14/h2-4,9-10,15-16H,5-6,13H2,1H3. The molecular formula is C12H16N2O4. The van der Waals surface area contributed by atoms with Crippen LogP contribution in [0, 0.1) is 0 Å². The minimum absolute atomic E-state index is 0.283. The highest BCUT2D eigenvalue weighted by atomic mass is 16.5. The van der Waals surface area contributed by atoms with Gasteiger partial charge in [0.15, 0.2) is 0 Å². The molecule has 18 heavy (non-hydrogen) atoms. The molecule has 0 aromatic heterocycles. The molecule has 1 aliphatic rings. The fraction of sp³-hybridized carbons (Fsp3) is 0.417. The van der Waals surface area contributed by atoms with Crippen molar-refractivity contribution in [2.75, 3.05) is 30.8 Å². The van der Waals surface area contributed by atoms with Gasteiger partial charge in [0.2, 0.25) is 0 Å². The molecule has 0 bridgehead atoms. The number of rotatable bonds is 2. The van der Waals surface area contributed by atoms with E-state index in [9.17, 15) is 15.0 Å². The van der Waals surface area contributed by atoms with E-state index in [0.29, 0.717) is 11.4 Å². The maximum atomic E-state index is 11.5. The van der Waals surface area contributed by atoms with Crippen LogP contribution in [0.3, 0.4) is 0 Å². The summed E-state index contributed by atoms with van der Waals surface area (Å²) in [6.45, 7) is 0.575. The molecule has 0 aliphatic carbocycles. The molecule has 2 rings (SSSR count). The van der Waals surface area contributed by atoms with Crippen LogP contribution < -0.4 is 10.6 Å². The van der Waals surface area contributed by atoms with Crippen molar-refractivity contribution in [2.45, 2.75) is 12.2 Å². The zero-order valence-corrected chi connectivity index (χ0v) is 10.0. The number of nitrogens with zero attached hydrogens (tertiary/aromatic N) is 1. The molecule has 98 valence electrons. The maximum absolute atomic E-state index is 11.5. The lowest BCUT2D eigenvalue weighted by molar-refractivity contribution is 0.0572. The molecule has 0 spiro atoms. The summed E-state index contributed by atoms with van der Waals surface area (Å²) in [5.74, 6) is -0.505. The summed E-state index contributed by atoms with van der Waals surface area (Å²) in [5.41, 5.74) is 7.12. The lowest BCUT2D eigenvalue weighted by atomic mass is 10.1. The van der Waals surface area contributed by atoms with E-state index >= 15 is 0 Å². The van der Waals surface area contributed by atoms with E-state index in [1.165, 1.54) is 7.11 Å². The van der Waals surface area contributed by atoms with Crippen molar-refractivity contribution in [3.63, 3.8) is 0 Å². The molecule has 0 radical (unpaired) electrons. The van der Waals surface area contributed by atoms with Gasteiger partial charge in [-0.1, -0.05) is 6.07 Å². The van der Waals surface area contributed by atoms with E-state index in [2.05, 4.69) is 4.74 Å². The van der Waals surface area contributed by atoms with Crippen LogP contribution >= 0.6 is 0 Å². The normalized spacial score (nSPS) is 23.2. The quantitative estimate of drug-likeness (QED) is 0.489. The van der Waals surface area contributed by atoms with Crippen LogP contribution in [-0.2, 0) is 4.74 Å². The van der Waals surface area contributed by atoms with Crippen molar-refractivity contribution in [3.8, 4) is 0 Å². The second-order valence-electron chi connectivity index (χ2n) is 4.27. The van der Waals surface area contributed by atoms with E-state index in [4.69, 9.17) is 5.73 Å². The Balaban J connectivity index is 2.32. The summed E-state index contributed by atoms with van der Waals surface area (Å²) in [4.78, 5) is 13.3. The Morgan fingerprint density at radius 1 is 1.39 bits per heavy atom. The minimum Gasteiger partial charge on any atom is -0.465 e. The van der Waals surface area contributed by atoms with Crippen molar-refractivity contribution >= 4 is 17.3 Å². The fourth-order valence-corrected chi connectivity index (χ4v) is 2.08. The van der Waals surface area contributed by atoms with E-state index in [1.54, 1.807) is 23.1 Å². The van der Waals surface area contributed by atoms with Crippen molar-refractivity contribution in [1.82, 2.24) is 0 Å². The minimum atomic E-state index is -0.800. The van der Waals surface area contributed by atoms with Gasteiger partial charge in [-0.2, -0.15) is 0 Å². The van der Waals surface area contributed by atoms with Gasteiger partial charge in [-0.3, -0.25) is 0 Å². The number of ether oxygens (including phenoxy) is 1. The summed E-state index contributed by atoms with van der Waals surface area (Å²) < 4.78 is 4.64. The number of methoxy groups -OCH3 is 1. The van der Waals surface area contributed by atoms with Gasteiger partial charge in [0.05, 0.1) is 36.3 Å². The Kier molecular flexibility index (Phi) is 3.40. The third-order valence-corrected chi connectivity index (χ3v) is 3.09. The maximum Gasteiger partial charge on any atom is 0.340 e. The molecule has 0 saturated carbocycles. The highest BCUT2D eigenvalue weighted by Crippen LogP contribution is 2.29. The topological polar surface area (TPSA) is 96.0 Å². The average Bonchev–Trinajstić information content (AvgIpc) is 2.69. The lowest BCUT2D eigenvalue weighted by Gasteiger charge is -2.20. The van der Waals surface area contributed by atoms with Crippen LogP contribution in [0.5, 0.6) is 0 Å². The van der Waals surface area contributed by atoms with Crippen LogP contribution in [0.15, 0.2) is 18.2 Å². The first kappa shape index (κ1) is 12.7. The average molecular weight is 252 g/mol. The van der Waals surface area contributed by atoms with Crippen LogP contribution in [-0.4, -0.2) is 48.6 Å². The Hall–Kier alpha value is -1.79. The summed E-state index contributed by atoms with van der Waals surface area (Å²) in [6, 6.07) is 5.01. The number of para-hydroxylation sites is 1. The third-order valence-electron chi connectivity index (χ3n) is 3.09.